The van der Waals surface area contributed by atoms with Crippen LogP contribution in [0.5, 0.6) is 0 Å². The molecule has 0 saturated heterocycles. The van der Waals surface area contributed by atoms with Gasteiger partial charge in [-0.3, -0.25) is 9.59 Å². The lowest BCUT2D eigenvalue weighted by molar-refractivity contribution is -0.115. The molecule has 0 fully saturated rings. The Morgan fingerprint density at radius 1 is 1.08 bits per heavy atom. The summed E-state index contributed by atoms with van der Waals surface area (Å²) in [5, 5.41) is 4.79. The van der Waals surface area contributed by atoms with Crippen molar-refractivity contribution >= 4 is 27.5 Å². The summed E-state index contributed by atoms with van der Waals surface area (Å²) >= 11 is 0. The summed E-state index contributed by atoms with van der Waals surface area (Å²) in [6.45, 7) is -0.391. The highest BCUT2D eigenvalue weighted by atomic mass is 32.2. The number of halogens is 1. The second-order valence-corrected chi connectivity index (χ2v) is 7.68. The van der Waals surface area contributed by atoms with Crippen molar-refractivity contribution in [3.8, 4) is 0 Å². The summed E-state index contributed by atoms with van der Waals surface area (Å²) in [6, 6.07) is 11.1. The largest absolute Gasteiger partial charge is 0.343 e. The minimum Gasteiger partial charge on any atom is -0.343 e. The molecule has 0 aromatic heterocycles. The van der Waals surface area contributed by atoms with E-state index in [2.05, 4.69) is 10.6 Å². The van der Waals surface area contributed by atoms with Gasteiger partial charge in [-0.1, -0.05) is 18.2 Å². The number of nitrogens with one attached hydrogen (secondary N) is 2. The number of nitrogens with zero attached hydrogens (tertiary/aromatic N) is 1. The van der Waals surface area contributed by atoms with Crippen LogP contribution in [0.25, 0.3) is 0 Å². The number of rotatable bonds is 6. The first-order chi connectivity index (χ1) is 12.2. The topological polar surface area (TPSA) is 95.6 Å². The Kier molecular flexibility index (Phi) is 6.06. The Balaban J connectivity index is 2.00. The van der Waals surface area contributed by atoms with E-state index in [1.54, 1.807) is 0 Å². The fourth-order valence-electron chi connectivity index (χ4n) is 2.05. The van der Waals surface area contributed by atoms with E-state index in [1.807, 2.05) is 0 Å². The normalized spacial score (nSPS) is 11.2. The highest BCUT2D eigenvalue weighted by Gasteiger charge is 2.18. The fourth-order valence-corrected chi connectivity index (χ4v) is 3.00. The van der Waals surface area contributed by atoms with E-state index in [0.717, 1.165) is 10.4 Å². The first kappa shape index (κ1) is 19.5. The average Bonchev–Trinajstić information content (AvgIpc) is 2.60. The Bertz CT molecular complexity index is 929. The number of anilines is 1. The van der Waals surface area contributed by atoms with Crippen molar-refractivity contribution in [2.24, 2.45) is 0 Å². The second kappa shape index (κ2) is 8.07. The van der Waals surface area contributed by atoms with Crippen LogP contribution < -0.4 is 10.6 Å². The Hall–Kier alpha value is -2.78. The van der Waals surface area contributed by atoms with Gasteiger partial charge in [0.2, 0.25) is 15.9 Å². The van der Waals surface area contributed by atoms with Crippen LogP contribution in [0.2, 0.25) is 0 Å². The van der Waals surface area contributed by atoms with E-state index in [4.69, 9.17) is 0 Å². The van der Waals surface area contributed by atoms with Crippen molar-refractivity contribution < 1.29 is 22.4 Å². The number of sulfonamides is 1. The molecule has 7 nitrogen and oxygen atoms in total. The van der Waals surface area contributed by atoms with Crippen molar-refractivity contribution in [3.05, 3.63) is 59.9 Å². The van der Waals surface area contributed by atoms with Crippen LogP contribution in [-0.4, -0.2) is 45.2 Å². The molecule has 0 saturated carbocycles. The van der Waals surface area contributed by atoms with E-state index in [1.165, 1.54) is 56.6 Å². The molecule has 0 bridgehead atoms. The van der Waals surface area contributed by atoms with Crippen molar-refractivity contribution in [2.45, 2.75) is 4.90 Å². The monoisotopic (exact) mass is 379 g/mol. The number of carbonyl (C=O) groups is 2. The maximum absolute atomic E-state index is 13.5. The SMILES string of the molecule is CN(C)S(=O)(=O)c1cccc(NC(=O)CNC(=O)c2ccccc2F)c1. The highest BCUT2D eigenvalue weighted by molar-refractivity contribution is 7.89. The van der Waals surface area contributed by atoms with Gasteiger partial charge in [-0.2, -0.15) is 0 Å². The van der Waals surface area contributed by atoms with Gasteiger partial charge in [-0.15, -0.1) is 0 Å². The van der Waals surface area contributed by atoms with Gasteiger partial charge in [-0.25, -0.2) is 17.1 Å². The molecule has 0 heterocycles. The van der Waals surface area contributed by atoms with Crippen LogP contribution in [0.1, 0.15) is 10.4 Å². The van der Waals surface area contributed by atoms with Crippen LogP contribution in [0, 0.1) is 5.82 Å². The third kappa shape index (κ3) is 4.64. The molecule has 0 unspecified atom stereocenters. The molecule has 0 atom stereocenters. The zero-order valence-electron chi connectivity index (χ0n) is 14.2. The van der Waals surface area contributed by atoms with Crippen LogP contribution >= 0.6 is 0 Å². The summed E-state index contributed by atoms with van der Waals surface area (Å²) in [5.74, 6) is -1.98. The fraction of sp³-hybridized carbons (Fsp3) is 0.176. The number of amides is 2. The number of hydrogen-bond acceptors (Lipinski definition) is 4. The molecule has 138 valence electrons. The Labute approximate surface area is 150 Å². The Morgan fingerprint density at radius 2 is 1.77 bits per heavy atom. The Morgan fingerprint density at radius 3 is 2.42 bits per heavy atom. The summed E-state index contributed by atoms with van der Waals surface area (Å²) in [7, 11) is -0.828. The van der Waals surface area contributed by atoms with Gasteiger partial charge in [0, 0.05) is 19.8 Å². The molecule has 2 amide bonds. The molecule has 2 rings (SSSR count). The van der Waals surface area contributed by atoms with Gasteiger partial charge in [0.25, 0.3) is 5.91 Å². The van der Waals surface area contributed by atoms with E-state index < -0.39 is 34.2 Å². The first-order valence-corrected chi connectivity index (χ1v) is 9.01. The van der Waals surface area contributed by atoms with Crippen LogP contribution in [0.4, 0.5) is 10.1 Å². The van der Waals surface area contributed by atoms with E-state index in [-0.39, 0.29) is 16.1 Å². The second-order valence-electron chi connectivity index (χ2n) is 5.53. The minimum atomic E-state index is -3.63. The molecule has 2 aromatic rings. The molecule has 26 heavy (non-hydrogen) atoms. The predicted octanol–water partition coefficient (Wildman–Crippen LogP) is 1.44. The average molecular weight is 379 g/mol. The molecular weight excluding hydrogens is 361 g/mol. The highest BCUT2D eigenvalue weighted by Crippen LogP contribution is 2.17. The molecule has 2 N–H and O–H groups in total. The molecule has 0 spiro atoms. The standard InChI is InChI=1S/C17H18FN3O4S/c1-21(2)26(24,25)13-7-5-6-12(10-13)20-16(22)11-19-17(23)14-8-3-4-9-15(14)18/h3-10H,11H2,1-2H3,(H,19,23)(H,20,22). The summed E-state index contributed by atoms with van der Waals surface area (Å²) in [4.78, 5) is 23.8. The summed E-state index contributed by atoms with van der Waals surface area (Å²) in [6.07, 6.45) is 0. The van der Waals surface area contributed by atoms with Gasteiger partial charge >= 0.3 is 0 Å². The van der Waals surface area contributed by atoms with E-state index in [9.17, 15) is 22.4 Å². The van der Waals surface area contributed by atoms with E-state index in [0.29, 0.717) is 0 Å². The van der Waals surface area contributed by atoms with Gasteiger partial charge < -0.3 is 10.6 Å². The van der Waals surface area contributed by atoms with Gasteiger partial charge in [0.05, 0.1) is 17.0 Å². The smallest absolute Gasteiger partial charge is 0.254 e. The van der Waals surface area contributed by atoms with Crippen molar-refractivity contribution in [1.29, 1.82) is 0 Å². The summed E-state index contributed by atoms with van der Waals surface area (Å²) < 4.78 is 38.8. The summed E-state index contributed by atoms with van der Waals surface area (Å²) in [5.41, 5.74) is 0.0949. The zero-order valence-corrected chi connectivity index (χ0v) is 15.0. The van der Waals surface area contributed by atoms with Crippen LogP contribution in [0.15, 0.2) is 53.4 Å². The molecule has 0 aliphatic rings. The minimum absolute atomic E-state index is 0.0238. The van der Waals surface area contributed by atoms with Crippen molar-refractivity contribution in [3.63, 3.8) is 0 Å². The lowest BCUT2D eigenvalue weighted by atomic mass is 10.2. The maximum atomic E-state index is 13.5. The van der Waals surface area contributed by atoms with Crippen molar-refractivity contribution in [2.75, 3.05) is 26.0 Å². The first-order valence-electron chi connectivity index (χ1n) is 7.57. The molecule has 0 aliphatic heterocycles. The van der Waals surface area contributed by atoms with Gasteiger partial charge in [-0.05, 0) is 30.3 Å². The molecule has 9 heteroatoms. The molecular formula is C17H18FN3O4S. The van der Waals surface area contributed by atoms with Crippen LogP contribution in [0.3, 0.4) is 0 Å². The molecule has 0 aliphatic carbocycles. The lowest BCUT2D eigenvalue weighted by Gasteiger charge is -2.13. The quantitative estimate of drug-likeness (QED) is 0.794. The lowest BCUT2D eigenvalue weighted by Crippen LogP contribution is -2.33. The van der Waals surface area contributed by atoms with Gasteiger partial charge in [0.1, 0.15) is 5.82 Å². The predicted molar refractivity (Wildman–Crippen MR) is 94.7 cm³/mol. The van der Waals surface area contributed by atoms with Gasteiger partial charge in [0.15, 0.2) is 0 Å². The van der Waals surface area contributed by atoms with E-state index >= 15 is 0 Å². The zero-order chi connectivity index (χ0) is 19.3. The molecule has 2 aromatic carbocycles. The molecule has 0 radical (unpaired) electrons. The number of hydrogen-bond donors (Lipinski definition) is 2. The maximum Gasteiger partial charge on any atom is 0.254 e. The number of benzene rings is 2. The third-order valence-electron chi connectivity index (χ3n) is 3.42. The van der Waals surface area contributed by atoms with Crippen molar-refractivity contribution in [1.82, 2.24) is 9.62 Å². The number of carbonyl (C=O) groups excluding carboxylic acids is 2. The third-order valence-corrected chi connectivity index (χ3v) is 5.24. The van der Waals surface area contributed by atoms with Crippen LogP contribution in [-0.2, 0) is 14.8 Å².